The van der Waals surface area contributed by atoms with Gasteiger partial charge < -0.3 is 19.9 Å². The van der Waals surface area contributed by atoms with Crippen LogP contribution in [0.15, 0.2) is 65.7 Å². The number of alkyl halides is 3. The fourth-order valence-electron chi connectivity index (χ4n) is 5.50. The molecule has 1 aliphatic rings. The molecule has 8 nitrogen and oxygen atoms in total. The summed E-state index contributed by atoms with van der Waals surface area (Å²) >= 11 is 12.6. The van der Waals surface area contributed by atoms with Crippen molar-refractivity contribution in [3.8, 4) is 34.2 Å². The van der Waals surface area contributed by atoms with E-state index in [0.29, 0.717) is 25.9 Å². The van der Waals surface area contributed by atoms with Crippen molar-refractivity contribution in [3.63, 3.8) is 0 Å². The first-order valence-electron chi connectivity index (χ1n) is 13.8. The van der Waals surface area contributed by atoms with Crippen LogP contribution in [0.4, 0.5) is 18.9 Å². The lowest BCUT2D eigenvalue weighted by molar-refractivity contribution is -0.137. The number of phenolic OH excluding ortho intramolecular Hbond substituents is 1. The molecule has 3 heterocycles. The van der Waals surface area contributed by atoms with E-state index in [0.717, 1.165) is 23.9 Å². The molecule has 1 amide bonds. The maximum Gasteiger partial charge on any atom is 0.416 e. The molecular formula is C32H26Cl2F3N5O3. The van der Waals surface area contributed by atoms with Gasteiger partial charge >= 0.3 is 6.18 Å². The molecule has 1 fully saturated rings. The van der Waals surface area contributed by atoms with E-state index in [4.69, 9.17) is 23.2 Å². The summed E-state index contributed by atoms with van der Waals surface area (Å²) in [5, 5.41) is 21.0. The summed E-state index contributed by atoms with van der Waals surface area (Å²) in [6, 6.07) is 12.3. The Morgan fingerprint density at radius 3 is 2.42 bits per heavy atom. The van der Waals surface area contributed by atoms with Crippen LogP contribution in [-0.4, -0.2) is 46.0 Å². The van der Waals surface area contributed by atoms with Crippen LogP contribution in [0.2, 0.25) is 10.0 Å². The van der Waals surface area contributed by atoms with Crippen molar-refractivity contribution in [1.29, 1.82) is 5.26 Å². The molecule has 0 atom stereocenters. The molecule has 1 aliphatic heterocycles. The van der Waals surface area contributed by atoms with Gasteiger partial charge in [-0.05, 0) is 61.4 Å². The quantitative estimate of drug-likeness (QED) is 0.234. The second-order valence-electron chi connectivity index (χ2n) is 10.7. The van der Waals surface area contributed by atoms with Crippen LogP contribution in [-0.2, 0) is 17.5 Å². The van der Waals surface area contributed by atoms with E-state index in [1.165, 1.54) is 23.1 Å². The molecule has 2 aromatic carbocycles. The van der Waals surface area contributed by atoms with Crippen molar-refractivity contribution >= 4 is 34.8 Å². The van der Waals surface area contributed by atoms with Gasteiger partial charge in [0.2, 0.25) is 5.91 Å². The summed E-state index contributed by atoms with van der Waals surface area (Å²) in [6.45, 7) is 1.39. The van der Waals surface area contributed by atoms with Crippen LogP contribution < -0.4 is 10.5 Å². The Hall–Kier alpha value is -4.53. The molecule has 0 saturated carbocycles. The minimum absolute atomic E-state index is 0.00435. The SMILES string of the molecule is CN(Cc1cc(Cl)cc(-c2cc(-c3cc(C(F)(F)F)ccc3Cl)c(C#N)c(=O)[nH]2)c1O)C(=O)C1CCN(c2ccncc2)CC1. The average Bonchev–Trinajstić information content (AvgIpc) is 3.02. The largest absolute Gasteiger partial charge is 0.507 e. The van der Waals surface area contributed by atoms with E-state index in [1.54, 1.807) is 25.5 Å². The highest BCUT2D eigenvalue weighted by Crippen LogP contribution is 2.40. The summed E-state index contributed by atoms with van der Waals surface area (Å²) in [7, 11) is 1.62. The number of hydrogen-bond acceptors (Lipinski definition) is 6. The van der Waals surface area contributed by atoms with Crippen molar-refractivity contribution in [3.05, 3.63) is 98.0 Å². The number of pyridine rings is 2. The van der Waals surface area contributed by atoms with E-state index < -0.39 is 22.9 Å². The Bertz CT molecular complexity index is 1850. The third-order valence-electron chi connectivity index (χ3n) is 7.83. The third-order valence-corrected chi connectivity index (χ3v) is 8.38. The minimum Gasteiger partial charge on any atom is -0.507 e. The van der Waals surface area contributed by atoms with Crippen molar-refractivity contribution in [2.24, 2.45) is 5.92 Å². The average molecular weight is 656 g/mol. The number of piperidine rings is 1. The summed E-state index contributed by atoms with van der Waals surface area (Å²) in [5.41, 5.74) is -1.35. The molecule has 232 valence electrons. The second kappa shape index (κ2) is 12.8. The number of aromatic hydroxyl groups is 1. The number of rotatable bonds is 6. The number of aromatic nitrogens is 2. The first kappa shape index (κ1) is 31.9. The number of nitrogens with one attached hydrogen (secondary N) is 1. The third kappa shape index (κ3) is 6.77. The summed E-state index contributed by atoms with van der Waals surface area (Å²) < 4.78 is 40.4. The first-order valence-corrected chi connectivity index (χ1v) is 14.6. The molecular weight excluding hydrogens is 630 g/mol. The molecule has 1 saturated heterocycles. The Labute approximate surface area is 266 Å². The highest BCUT2D eigenvalue weighted by molar-refractivity contribution is 6.33. The summed E-state index contributed by atoms with van der Waals surface area (Å²) in [6.07, 6.45) is 0.0371. The first-order chi connectivity index (χ1) is 21.4. The maximum atomic E-state index is 13.5. The number of benzene rings is 2. The number of nitrogens with zero attached hydrogens (tertiary/aromatic N) is 4. The van der Waals surface area contributed by atoms with Crippen molar-refractivity contribution in [2.45, 2.75) is 25.6 Å². The number of halogens is 5. The molecule has 5 rings (SSSR count). The minimum atomic E-state index is -4.70. The van der Waals surface area contributed by atoms with Crippen LogP contribution in [0.25, 0.3) is 22.4 Å². The Morgan fingerprint density at radius 2 is 1.78 bits per heavy atom. The summed E-state index contributed by atoms with van der Waals surface area (Å²) in [5.74, 6) is -0.616. The van der Waals surface area contributed by atoms with Gasteiger partial charge in [-0.2, -0.15) is 18.4 Å². The molecule has 0 unspecified atom stereocenters. The van der Waals surface area contributed by atoms with Gasteiger partial charge in [0, 0.05) is 83.0 Å². The predicted molar refractivity (Wildman–Crippen MR) is 165 cm³/mol. The van der Waals surface area contributed by atoms with E-state index in [1.807, 2.05) is 12.1 Å². The van der Waals surface area contributed by atoms with Crippen LogP contribution in [0.1, 0.15) is 29.5 Å². The van der Waals surface area contributed by atoms with Crippen LogP contribution in [0.5, 0.6) is 5.75 Å². The van der Waals surface area contributed by atoms with Crippen LogP contribution in [0.3, 0.4) is 0 Å². The number of H-pyrrole nitrogens is 1. The van der Waals surface area contributed by atoms with Gasteiger partial charge in [0.1, 0.15) is 17.4 Å². The molecule has 45 heavy (non-hydrogen) atoms. The molecule has 0 spiro atoms. The summed E-state index contributed by atoms with van der Waals surface area (Å²) in [4.78, 5) is 36.5. The van der Waals surface area contributed by atoms with Gasteiger partial charge in [-0.15, -0.1) is 0 Å². The topological polar surface area (TPSA) is 113 Å². The highest BCUT2D eigenvalue weighted by Gasteiger charge is 2.32. The number of amides is 1. The Kier molecular flexibility index (Phi) is 9.09. The lowest BCUT2D eigenvalue weighted by Crippen LogP contribution is -2.41. The van der Waals surface area contributed by atoms with E-state index in [-0.39, 0.29) is 62.1 Å². The molecule has 0 aliphatic carbocycles. The maximum absolute atomic E-state index is 13.5. The van der Waals surface area contributed by atoms with Crippen LogP contribution in [0, 0.1) is 17.2 Å². The van der Waals surface area contributed by atoms with Gasteiger partial charge in [0.15, 0.2) is 0 Å². The molecule has 0 radical (unpaired) electrons. The lowest BCUT2D eigenvalue weighted by atomic mass is 9.94. The lowest BCUT2D eigenvalue weighted by Gasteiger charge is -2.34. The number of carbonyl (C=O) groups excluding carboxylic acids is 1. The van der Waals surface area contributed by atoms with E-state index in [9.17, 15) is 33.1 Å². The molecule has 2 N–H and O–H groups in total. The predicted octanol–water partition coefficient (Wildman–Crippen LogP) is 6.88. The number of aromatic amines is 1. The Morgan fingerprint density at radius 1 is 1.09 bits per heavy atom. The smallest absolute Gasteiger partial charge is 0.416 e. The van der Waals surface area contributed by atoms with Gasteiger partial charge in [-0.1, -0.05) is 23.2 Å². The highest BCUT2D eigenvalue weighted by atomic mass is 35.5. The monoisotopic (exact) mass is 655 g/mol. The zero-order chi connectivity index (χ0) is 32.5. The second-order valence-corrected chi connectivity index (χ2v) is 11.6. The molecule has 4 aromatic rings. The van der Waals surface area contributed by atoms with Crippen LogP contribution >= 0.6 is 23.2 Å². The van der Waals surface area contributed by atoms with Gasteiger partial charge in [0.25, 0.3) is 5.56 Å². The fraction of sp³-hybridized carbons (Fsp3) is 0.250. The van der Waals surface area contributed by atoms with E-state index in [2.05, 4.69) is 14.9 Å². The van der Waals surface area contributed by atoms with Gasteiger partial charge in [0.05, 0.1) is 11.3 Å². The molecule has 0 bridgehead atoms. The number of carbonyl (C=O) groups is 1. The standard InChI is InChI=1S/C32H26Cl2F3N5O3/c1-41(31(45)18-6-10-42(11-7-18)22-4-8-39-9-5-22)17-19-12-21(33)14-25(29(19)43)28-15-23(26(16-38)30(44)40-28)24-13-20(32(35,36)37)2-3-27(24)34/h2-5,8-9,12-15,18,43H,6-7,10-11,17H2,1H3,(H,40,44). The molecule has 2 aromatic heterocycles. The van der Waals surface area contributed by atoms with E-state index >= 15 is 0 Å². The number of phenols is 1. The Balaban J connectivity index is 1.43. The van der Waals surface area contributed by atoms with Crippen molar-refractivity contribution < 1.29 is 23.1 Å². The zero-order valence-corrected chi connectivity index (χ0v) is 25.3. The number of anilines is 1. The fourth-order valence-corrected chi connectivity index (χ4v) is 5.96. The molecule has 13 heteroatoms. The normalized spacial score (nSPS) is 13.8. The number of nitriles is 1. The van der Waals surface area contributed by atoms with Gasteiger partial charge in [-0.3, -0.25) is 14.6 Å². The van der Waals surface area contributed by atoms with Gasteiger partial charge in [-0.25, -0.2) is 0 Å². The zero-order valence-electron chi connectivity index (χ0n) is 23.8. The van der Waals surface area contributed by atoms with Crippen molar-refractivity contribution in [1.82, 2.24) is 14.9 Å². The van der Waals surface area contributed by atoms with Crippen molar-refractivity contribution in [2.75, 3.05) is 25.0 Å². The number of hydrogen-bond donors (Lipinski definition) is 2.